The second kappa shape index (κ2) is 7.05. The quantitative estimate of drug-likeness (QED) is 0.638. The van der Waals surface area contributed by atoms with Crippen LogP contribution in [0.4, 0.5) is 17.6 Å². The molecule has 27 heavy (non-hydrogen) atoms. The fourth-order valence-corrected chi connectivity index (χ4v) is 3.41. The van der Waals surface area contributed by atoms with Crippen molar-refractivity contribution < 1.29 is 36.6 Å². The third-order valence-electron chi connectivity index (χ3n) is 4.47. The molecule has 0 fully saturated rings. The van der Waals surface area contributed by atoms with E-state index in [0.717, 1.165) is 20.1 Å². The molecule has 0 bridgehead atoms. The summed E-state index contributed by atoms with van der Waals surface area (Å²) in [6, 6.07) is 1.31. The minimum Gasteiger partial charge on any atom is -0.466 e. The van der Waals surface area contributed by atoms with Crippen molar-refractivity contribution in [3.05, 3.63) is 57.4 Å². The van der Waals surface area contributed by atoms with E-state index in [4.69, 9.17) is 4.74 Å². The van der Waals surface area contributed by atoms with Gasteiger partial charge in [0.25, 0.3) is 0 Å². The van der Waals surface area contributed by atoms with Crippen LogP contribution < -0.4 is 5.32 Å². The molecule has 0 saturated carbocycles. The zero-order valence-electron chi connectivity index (χ0n) is 14.4. The van der Waals surface area contributed by atoms with Crippen LogP contribution in [0.2, 0.25) is 0 Å². The molecule has 3 rings (SSSR count). The van der Waals surface area contributed by atoms with E-state index in [9.17, 15) is 27.2 Å². The second-order valence-corrected chi connectivity index (χ2v) is 6.05. The standard InChI is InChI=1S/C18H15F4NO4/c1-7(20)13-9(3-8(21)4-10(13)22)14-15(17(24)26-2)11(5-19)23-12-6-27-18(25)16(12)14/h3-4,7,14,23H,5-6H2,1-2H3. The summed E-state index contributed by atoms with van der Waals surface area (Å²) in [6.45, 7) is -0.355. The molecule has 9 heteroatoms. The highest BCUT2D eigenvalue weighted by atomic mass is 19.1. The van der Waals surface area contributed by atoms with E-state index in [-0.39, 0.29) is 34.7 Å². The smallest absolute Gasteiger partial charge is 0.337 e. The number of carbonyl (C=O) groups is 2. The van der Waals surface area contributed by atoms with Crippen molar-refractivity contribution in [3.63, 3.8) is 0 Å². The molecule has 2 aliphatic rings. The summed E-state index contributed by atoms with van der Waals surface area (Å²) in [7, 11) is 1.03. The number of ether oxygens (including phenoxy) is 2. The lowest BCUT2D eigenvalue weighted by atomic mass is 9.78. The Balaban J connectivity index is 2.35. The van der Waals surface area contributed by atoms with Crippen LogP contribution >= 0.6 is 0 Å². The van der Waals surface area contributed by atoms with E-state index in [0.29, 0.717) is 6.07 Å². The van der Waals surface area contributed by atoms with Gasteiger partial charge in [-0.3, -0.25) is 0 Å². The number of cyclic esters (lactones) is 1. The van der Waals surface area contributed by atoms with Crippen LogP contribution in [0, 0.1) is 11.6 Å². The lowest BCUT2D eigenvalue weighted by molar-refractivity contribution is -0.136. The summed E-state index contributed by atoms with van der Waals surface area (Å²) in [6.07, 6.45) is -1.88. The zero-order chi connectivity index (χ0) is 19.9. The van der Waals surface area contributed by atoms with Crippen molar-refractivity contribution in [2.75, 3.05) is 20.4 Å². The molecule has 1 aromatic rings. The molecule has 2 aliphatic heterocycles. The van der Waals surface area contributed by atoms with Gasteiger partial charge in [-0.15, -0.1) is 0 Å². The molecule has 0 aliphatic carbocycles. The minimum atomic E-state index is -1.88. The van der Waals surface area contributed by atoms with Crippen LogP contribution in [0.15, 0.2) is 34.7 Å². The van der Waals surface area contributed by atoms with Crippen LogP contribution in [0.5, 0.6) is 0 Å². The first-order valence-electron chi connectivity index (χ1n) is 7.97. The molecule has 0 aromatic heterocycles. The Bertz CT molecular complexity index is 892. The van der Waals surface area contributed by atoms with Crippen LogP contribution in [0.1, 0.15) is 30.1 Å². The van der Waals surface area contributed by atoms with E-state index < -0.39 is 47.9 Å². The van der Waals surface area contributed by atoms with Crippen molar-refractivity contribution in [2.24, 2.45) is 0 Å². The number of halogens is 4. The molecule has 1 aromatic carbocycles. The van der Waals surface area contributed by atoms with Crippen molar-refractivity contribution in [1.29, 1.82) is 0 Å². The predicted molar refractivity (Wildman–Crippen MR) is 84.8 cm³/mol. The highest BCUT2D eigenvalue weighted by Crippen LogP contribution is 2.44. The average Bonchev–Trinajstić information content (AvgIpc) is 2.99. The summed E-state index contributed by atoms with van der Waals surface area (Å²) in [5.74, 6) is -5.53. The van der Waals surface area contributed by atoms with Crippen LogP contribution in [0.3, 0.4) is 0 Å². The van der Waals surface area contributed by atoms with Crippen molar-refractivity contribution >= 4 is 11.9 Å². The Labute approximate surface area is 151 Å². The molecule has 0 spiro atoms. The second-order valence-electron chi connectivity index (χ2n) is 6.05. The van der Waals surface area contributed by atoms with Gasteiger partial charge in [0.05, 0.1) is 35.6 Å². The largest absolute Gasteiger partial charge is 0.466 e. The Morgan fingerprint density at radius 2 is 2.11 bits per heavy atom. The number of nitrogens with one attached hydrogen (secondary N) is 1. The van der Waals surface area contributed by atoms with Gasteiger partial charge in [-0.2, -0.15) is 0 Å². The van der Waals surface area contributed by atoms with Crippen molar-refractivity contribution in [2.45, 2.75) is 19.0 Å². The number of methoxy groups -OCH3 is 1. The van der Waals surface area contributed by atoms with E-state index in [2.05, 4.69) is 10.1 Å². The number of carbonyl (C=O) groups excluding carboxylic acids is 2. The number of esters is 2. The maximum Gasteiger partial charge on any atom is 0.337 e. The SMILES string of the molecule is COC(=O)C1=C(CF)NC2=C(C(=O)OC2)C1c1cc(F)cc(F)c1C(C)F. The minimum absolute atomic E-state index is 0.139. The number of allylic oxidation sites excluding steroid dienone is 1. The molecule has 0 saturated heterocycles. The molecule has 0 amide bonds. The number of rotatable bonds is 4. The highest BCUT2D eigenvalue weighted by Gasteiger charge is 2.44. The van der Waals surface area contributed by atoms with Crippen LogP contribution in [-0.2, 0) is 19.1 Å². The van der Waals surface area contributed by atoms with E-state index >= 15 is 0 Å². The van der Waals surface area contributed by atoms with Gasteiger partial charge < -0.3 is 14.8 Å². The first kappa shape index (κ1) is 18.9. The van der Waals surface area contributed by atoms with Crippen molar-refractivity contribution in [1.82, 2.24) is 5.32 Å². The van der Waals surface area contributed by atoms with Gasteiger partial charge in [0.1, 0.15) is 31.1 Å². The number of hydrogen-bond acceptors (Lipinski definition) is 5. The van der Waals surface area contributed by atoms with E-state index in [1.807, 2.05) is 0 Å². The fourth-order valence-electron chi connectivity index (χ4n) is 3.41. The maximum atomic E-state index is 14.3. The third kappa shape index (κ3) is 3.07. The Morgan fingerprint density at radius 3 is 2.70 bits per heavy atom. The lowest BCUT2D eigenvalue weighted by Gasteiger charge is -2.29. The summed E-state index contributed by atoms with van der Waals surface area (Å²) in [4.78, 5) is 24.5. The molecule has 5 nitrogen and oxygen atoms in total. The van der Waals surface area contributed by atoms with Crippen LogP contribution in [-0.4, -0.2) is 32.3 Å². The highest BCUT2D eigenvalue weighted by molar-refractivity contribution is 6.01. The van der Waals surface area contributed by atoms with E-state index in [1.165, 1.54) is 0 Å². The molecular formula is C18H15F4NO4. The van der Waals surface area contributed by atoms with E-state index in [1.54, 1.807) is 0 Å². The monoisotopic (exact) mass is 385 g/mol. The molecular weight excluding hydrogens is 370 g/mol. The van der Waals surface area contributed by atoms with Gasteiger partial charge in [0.15, 0.2) is 0 Å². The zero-order valence-corrected chi connectivity index (χ0v) is 14.4. The molecule has 2 heterocycles. The summed E-state index contributed by atoms with van der Waals surface area (Å²) < 4.78 is 65.6. The number of hydrogen-bond donors (Lipinski definition) is 1. The predicted octanol–water partition coefficient (Wildman–Crippen LogP) is 2.89. The maximum absolute atomic E-state index is 14.3. The lowest BCUT2D eigenvalue weighted by Crippen LogP contribution is -2.32. The first-order chi connectivity index (χ1) is 12.8. The molecule has 0 radical (unpaired) electrons. The van der Waals surface area contributed by atoms with Gasteiger partial charge in [-0.1, -0.05) is 0 Å². The Morgan fingerprint density at radius 1 is 1.41 bits per heavy atom. The first-order valence-corrected chi connectivity index (χ1v) is 7.97. The normalized spacial score (nSPS) is 20.2. The topological polar surface area (TPSA) is 64.6 Å². The van der Waals surface area contributed by atoms with Crippen molar-refractivity contribution in [3.8, 4) is 0 Å². The van der Waals surface area contributed by atoms with Gasteiger partial charge in [-0.05, 0) is 18.6 Å². The summed E-state index contributed by atoms with van der Waals surface area (Å²) >= 11 is 0. The third-order valence-corrected chi connectivity index (χ3v) is 4.47. The van der Waals surface area contributed by atoms with Crippen LogP contribution in [0.25, 0.3) is 0 Å². The van der Waals surface area contributed by atoms with Gasteiger partial charge >= 0.3 is 11.9 Å². The number of alkyl halides is 2. The molecule has 1 N–H and O–H groups in total. The average molecular weight is 385 g/mol. The van der Waals surface area contributed by atoms with Gasteiger partial charge in [0.2, 0.25) is 0 Å². The number of benzene rings is 1. The molecule has 144 valence electrons. The molecule has 2 unspecified atom stereocenters. The summed E-state index contributed by atoms with van der Waals surface area (Å²) in [5.41, 5.74) is -1.45. The fraction of sp³-hybridized carbons (Fsp3) is 0.333. The summed E-state index contributed by atoms with van der Waals surface area (Å²) in [5, 5.41) is 2.59. The van der Waals surface area contributed by atoms with Gasteiger partial charge in [0, 0.05) is 11.6 Å². The molecule has 2 atom stereocenters. The van der Waals surface area contributed by atoms with Gasteiger partial charge in [-0.25, -0.2) is 27.2 Å². The Hall–Kier alpha value is -2.84. The number of dihydropyridines is 1. The Kier molecular flexibility index (Phi) is 4.95.